The van der Waals surface area contributed by atoms with Gasteiger partial charge in [0.1, 0.15) is 0 Å². The second kappa shape index (κ2) is 8.94. The Morgan fingerprint density at radius 1 is 1.32 bits per heavy atom. The molecule has 0 N–H and O–H groups in total. The second-order valence-electron chi connectivity index (χ2n) is 6.37. The van der Waals surface area contributed by atoms with Crippen LogP contribution >= 0.6 is 0 Å². The number of rotatable bonds is 7. The van der Waals surface area contributed by atoms with Crippen LogP contribution in [0.1, 0.15) is 54.9 Å². The number of methoxy groups -OCH3 is 1. The van der Waals surface area contributed by atoms with Gasteiger partial charge in [0.15, 0.2) is 0 Å². The summed E-state index contributed by atoms with van der Waals surface area (Å²) in [6, 6.07) is 7.86. The third kappa shape index (κ3) is 5.13. The molecule has 0 radical (unpaired) electrons. The van der Waals surface area contributed by atoms with Crippen molar-refractivity contribution in [3.63, 3.8) is 0 Å². The zero-order chi connectivity index (χ0) is 15.8. The molecule has 0 spiro atoms. The SMILES string of the molecule is CCCCN1CCC(CCc2cccc(C(=O)OC)c2)CC1. The summed E-state index contributed by atoms with van der Waals surface area (Å²) in [5.74, 6) is 0.589. The Hall–Kier alpha value is -1.35. The van der Waals surface area contributed by atoms with Gasteiger partial charge in [0.2, 0.25) is 0 Å². The van der Waals surface area contributed by atoms with Gasteiger partial charge in [-0.15, -0.1) is 0 Å². The molecule has 0 aromatic heterocycles. The minimum absolute atomic E-state index is 0.244. The maximum atomic E-state index is 11.6. The average Bonchev–Trinajstić information content (AvgIpc) is 2.58. The smallest absolute Gasteiger partial charge is 0.337 e. The van der Waals surface area contributed by atoms with E-state index >= 15 is 0 Å². The summed E-state index contributed by atoms with van der Waals surface area (Å²) in [4.78, 5) is 14.2. The van der Waals surface area contributed by atoms with Crippen LogP contribution in [0.3, 0.4) is 0 Å². The summed E-state index contributed by atoms with van der Waals surface area (Å²) in [6.07, 6.45) is 7.54. The number of unbranched alkanes of at least 4 members (excludes halogenated alkanes) is 1. The lowest BCUT2D eigenvalue weighted by Crippen LogP contribution is -2.34. The minimum Gasteiger partial charge on any atom is -0.465 e. The van der Waals surface area contributed by atoms with Crippen LogP contribution in [-0.4, -0.2) is 37.6 Å². The number of carbonyl (C=O) groups excluding carboxylic acids is 1. The van der Waals surface area contributed by atoms with Crippen LogP contribution in [0.4, 0.5) is 0 Å². The van der Waals surface area contributed by atoms with Crippen molar-refractivity contribution < 1.29 is 9.53 Å². The van der Waals surface area contributed by atoms with Crippen molar-refractivity contribution >= 4 is 5.97 Å². The lowest BCUT2D eigenvalue weighted by atomic mass is 9.90. The van der Waals surface area contributed by atoms with Crippen molar-refractivity contribution in [2.24, 2.45) is 5.92 Å². The van der Waals surface area contributed by atoms with E-state index in [9.17, 15) is 4.79 Å². The molecule has 1 aromatic carbocycles. The highest BCUT2D eigenvalue weighted by Crippen LogP contribution is 2.23. The highest BCUT2D eigenvalue weighted by molar-refractivity contribution is 5.89. The first-order valence-corrected chi connectivity index (χ1v) is 8.62. The number of ether oxygens (including phenoxy) is 1. The predicted molar refractivity (Wildman–Crippen MR) is 90.2 cm³/mol. The zero-order valence-corrected chi connectivity index (χ0v) is 14.0. The van der Waals surface area contributed by atoms with Gasteiger partial charge in [-0.3, -0.25) is 0 Å². The lowest BCUT2D eigenvalue weighted by molar-refractivity contribution is 0.0600. The van der Waals surface area contributed by atoms with Crippen LogP contribution in [0.2, 0.25) is 0 Å². The molecule has 0 aliphatic carbocycles. The largest absolute Gasteiger partial charge is 0.465 e. The summed E-state index contributed by atoms with van der Waals surface area (Å²) in [7, 11) is 1.43. The van der Waals surface area contributed by atoms with E-state index < -0.39 is 0 Å². The van der Waals surface area contributed by atoms with Crippen LogP contribution in [0.5, 0.6) is 0 Å². The summed E-state index contributed by atoms with van der Waals surface area (Å²) >= 11 is 0. The lowest BCUT2D eigenvalue weighted by Gasteiger charge is -2.32. The molecule has 1 aliphatic rings. The molecule has 122 valence electrons. The normalized spacial score (nSPS) is 16.6. The Balaban J connectivity index is 1.76. The monoisotopic (exact) mass is 303 g/mol. The zero-order valence-electron chi connectivity index (χ0n) is 14.0. The summed E-state index contributed by atoms with van der Waals surface area (Å²) < 4.78 is 4.79. The minimum atomic E-state index is -0.244. The third-order valence-corrected chi connectivity index (χ3v) is 4.72. The van der Waals surface area contributed by atoms with Crippen molar-refractivity contribution in [1.29, 1.82) is 0 Å². The third-order valence-electron chi connectivity index (χ3n) is 4.72. The molecule has 0 saturated carbocycles. The molecule has 0 unspecified atom stereocenters. The molecule has 0 amide bonds. The van der Waals surface area contributed by atoms with Crippen LogP contribution in [0.25, 0.3) is 0 Å². The number of likely N-dealkylation sites (tertiary alicyclic amines) is 1. The van der Waals surface area contributed by atoms with E-state index in [0.717, 1.165) is 12.3 Å². The van der Waals surface area contributed by atoms with Crippen molar-refractivity contribution in [2.75, 3.05) is 26.7 Å². The van der Waals surface area contributed by atoms with Crippen molar-refractivity contribution in [3.05, 3.63) is 35.4 Å². The average molecular weight is 303 g/mol. The predicted octanol–water partition coefficient (Wildman–Crippen LogP) is 3.92. The number of aryl methyl sites for hydroxylation is 1. The quantitative estimate of drug-likeness (QED) is 0.715. The fourth-order valence-electron chi connectivity index (χ4n) is 3.22. The first-order chi connectivity index (χ1) is 10.7. The Morgan fingerprint density at radius 2 is 2.09 bits per heavy atom. The molecule has 0 atom stereocenters. The van der Waals surface area contributed by atoms with E-state index in [4.69, 9.17) is 4.74 Å². The van der Waals surface area contributed by atoms with E-state index in [-0.39, 0.29) is 5.97 Å². The van der Waals surface area contributed by atoms with Gasteiger partial charge in [-0.2, -0.15) is 0 Å². The van der Waals surface area contributed by atoms with Gasteiger partial charge in [-0.05, 0) is 75.4 Å². The fraction of sp³-hybridized carbons (Fsp3) is 0.632. The molecule has 1 heterocycles. The molecule has 22 heavy (non-hydrogen) atoms. The Bertz CT molecular complexity index is 464. The van der Waals surface area contributed by atoms with Crippen molar-refractivity contribution in [3.8, 4) is 0 Å². The highest BCUT2D eigenvalue weighted by Gasteiger charge is 2.18. The van der Waals surface area contributed by atoms with Gasteiger partial charge < -0.3 is 9.64 Å². The summed E-state index contributed by atoms with van der Waals surface area (Å²) in [5, 5.41) is 0. The number of hydrogen-bond acceptors (Lipinski definition) is 3. The molecule has 1 saturated heterocycles. The van der Waals surface area contributed by atoms with E-state index in [1.165, 1.54) is 64.4 Å². The van der Waals surface area contributed by atoms with Crippen molar-refractivity contribution in [1.82, 2.24) is 4.90 Å². The summed E-state index contributed by atoms with van der Waals surface area (Å²) in [6.45, 7) is 6.04. The number of piperidine rings is 1. The van der Waals surface area contributed by atoms with Crippen LogP contribution in [-0.2, 0) is 11.2 Å². The molecule has 1 aliphatic heterocycles. The Morgan fingerprint density at radius 3 is 2.77 bits per heavy atom. The fourth-order valence-corrected chi connectivity index (χ4v) is 3.22. The van der Waals surface area contributed by atoms with Gasteiger partial charge in [0, 0.05) is 0 Å². The van der Waals surface area contributed by atoms with Gasteiger partial charge in [0.25, 0.3) is 0 Å². The number of esters is 1. The molecule has 1 aromatic rings. The molecular weight excluding hydrogens is 274 g/mol. The molecule has 3 nitrogen and oxygen atoms in total. The number of hydrogen-bond donors (Lipinski definition) is 0. The molecule has 1 fully saturated rings. The topological polar surface area (TPSA) is 29.5 Å². The highest BCUT2D eigenvalue weighted by atomic mass is 16.5. The standard InChI is InChI=1S/C19H29NO2/c1-3-4-12-20-13-10-16(11-14-20)8-9-17-6-5-7-18(15-17)19(21)22-2/h5-7,15-16H,3-4,8-14H2,1-2H3. The summed E-state index contributed by atoms with van der Waals surface area (Å²) in [5.41, 5.74) is 1.91. The van der Waals surface area contributed by atoms with Gasteiger partial charge in [-0.1, -0.05) is 25.5 Å². The van der Waals surface area contributed by atoms with Crippen LogP contribution < -0.4 is 0 Å². The van der Waals surface area contributed by atoms with Gasteiger partial charge >= 0.3 is 5.97 Å². The van der Waals surface area contributed by atoms with Gasteiger partial charge in [-0.25, -0.2) is 4.79 Å². The molecule has 3 heteroatoms. The molecular formula is C19H29NO2. The second-order valence-corrected chi connectivity index (χ2v) is 6.37. The van der Waals surface area contributed by atoms with Gasteiger partial charge in [0.05, 0.1) is 12.7 Å². The first kappa shape index (κ1) is 17.0. The molecule has 2 rings (SSSR count). The number of carbonyl (C=O) groups is 1. The Labute approximate surface area is 134 Å². The maximum Gasteiger partial charge on any atom is 0.337 e. The van der Waals surface area contributed by atoms with Crippen molar-refractivity contribution in [2.45, 2.75) is 45.4 Å². The first-order valence-electron chi connectivity index (χ1n) is 8.62. The maximum absolute atomic E-state index is 11.6. The number of benzene rings is 1. The Kier molecular flexibility index (Phi) is 6.91. The van der Waals surface area contributed by atoms with E-state index in [0.29, 0.717) is 5.56 Å². The number of nitrogens with zero attached hydrogens (tertiary/aromatic N) is 1. The molecule has 0 bridgehead atoms. The van der Waals surface area contributed by atoms with E-state index in [1.807, 2.05) is 18.2 Å². The van der Waals surface area contributed by atoms with E-state index in [1.54, 1.807) is 0 Å². The van der Waals surface area contributed by atoms with Crippen LogP contribution in [0.15, 0.2) is 24.3 Å². The van der Waals surface area contributed by atoms with E-state index in [2.05, 4.69) is 17.9 Å². The van der Waals surface area contributed by atoms with Crippen LogP contribution in [0, 0.1) is 5.92 Å².